The summed E-state index contributed by atoms with van der Waals surface area (Å²) in [5.41, 5.74) is 10.6. The fourth-order valence-electron chi connectivity index (χ4n) is 15.9. The number of primary amides is 2. The van der Waals surface area contributed by atoms with Crippen LogP contribution in [0.25, 0.3) is 0 Å². The molecule has 806 valence electrons. The predicted octanol–water partition coefficient (Wildman–Crippen LogP) is -3.92. The van der Waals surface area contributed by atoms with Gasteiger partial charge in [0.05, 0.1) is 25.9 Å². The van der Waals surface area contributed by atoms with Crippen LogP contribution in [0.3, 0.4) is 0 Å². The van der Waals surface area contributed by atoms with E-state index in [1.54, 1.807) is 112 Å². The Kier molecular flexibility index (Phi) is 49.9. The lowest BCUT2D eigenvalue weighted by atomic mass is 9.95. The van der Waals surface area contributed by atoms with Gasteiger partial charge in [0, 0.05) is 44.3 Å². The van der Waals surface area contributed by atoms with Crippen molar-refractivity contribution in [1.82, 2.24) is 115 Å². The van der Waals surface area contributed by atoms with Crippen molar-refractivity contribution in [3.63, 3.8) is 0 Å². The van der Waals surface area contributed by atoms with E-state index in [2.05, 4.69) is 95.7 Å². The molecule has 23 N–H and O–H groups in total. The van der Waals surface area contributed by atoms with E-state index < -0.39 is 289 Å². The summed E-state index contributed by atoms with van der Waals surface area (Å²) in [4.78, 5) is 323. The lowest BCUT2D eigenvalue weighted by molar-refractivity contribution is -0.139. The molecule has 23 amide bonds. The highest BCUT2D eigenvalue weighted by Gasteiger charge is 2.45. The Morgan fingerprint density at radius 3 is 1.56 bits per heavy atom. The van der Waals surface area contributed by atoms with Gasteiger partial charge in [0.15, 0.2) is 0 Å². The maximum absolute atomic E-state index is 14.8. The first kappa shape index (κ1) is 122. The van der Waals surface area contributed by atoms with Gasteiger partial charge in [-0.05, 0) is 148 Å². The third kappa shape index (κ3) is 36.6. The van der Waals surface area contributed by atoms with Crippen LogP contribution in [-0.2, 0) is 117 Å². The maximum atomic E-state index is 14.8. The van der Waals surface area contributed by atoms with Crippen LogP contribution in [0.5, 0.6) is 0 Å². The van der Waals surface area contributed by atoms with Crippen LogP contribution >= 0.6 is 11.8 Å². The van der Waals surface area contributed by atoms with Crippen molar-refractivity contribution < 1.29 is 115 Å². The zero-order chi connectivity index (χ0) is 110. The first-order chi connectivity index (χ1) is 68.8. The molecular weight excluding hydrogens is 1920 g/mol. The van der Waals surface area contributed by atoms with Gasteiger partial charge >= 0.3 is 0 Å². The first-order valence-electron chi connectivity index (χ1n) is 49.0. The van der Waals surface area contributed by atoms with E-state index in [0.29, 0.717) is 24.8 Å². The molecule has 18 atom stereocenters. The summed E-state index contributed by atoms with van der Waals surface area (Å²) in [6.45, 7) is 26.7. The Labute approximate surface area is 853 Å². The van der Waals surface area contributed by atoms with Crippen LogP contribution < -0.4 is 107 Å². The highest BCUT2D eigenvalue weighted by molar-refractivity contribution is 8.02. The maximum Gasteiger partial charge on any atom is 0.270 e. The molecule has 0 bridgehead atoms. The van der Waals surface area contributed by atoms with Crippen molar-refractivity contribution >= 4 is 148 Å². The SMILES string of the molecule is CC=C(NC(=O)C(CO)NC(=O)CNC(=O)C(CCC(N)=O)NC(=O)C(NC(=O)C(NC(=O)C(Cc1ccccc1)NC(=O)C(CCC(N)=O)NC(=O)C(C)NC(=O)C(C)NC(=O)C(=CC)NC(=O)C1CCCN1C(=O)C(=CC)NC(=O)C(C)NC(=O)C1CCCN1C(=O)C(=CC)N1CN(C)C(C)C1=O)C(C)C)C(C)CC)C(=O)NC(C(=O)NC1CSC=CNC(=O)C(C(C)C)NC(=O)C(CC(C)C)NC1=O)C(C)CC. The minimum Gasteiger partial charge on any atom is -0.394 e. The fourth-order valence-corrected chi connectivity index (χ4v) is 16.6. The minimum atomic E-state index is -1.81. The van der Waals surface area contributed by atoms with Gasteiger partial charge in [-0.25, -0.2) is 0 Å². The van der Waals surface area contributed by atoms with Gasteiger partial charge in [0.2, 0.25) is 112 Å². The number of benzene rings is 1. The van der Waals surface area contributed by atoms with Crippen LogP contribution in [0.1, 0.15) is 201 Å². The summed E-state index contributed by atoms with van der Waals surface area (Å²) in [6.07, 6.45) is 6.17. The number of hydrogen-bond acceptors (Lipinski definition) is 26. The molecule has 3 fully saturated rings. The molecule has 0 aromatic heterocycles. The number of nitrogens with zero attached hydrogens (tertiary/aromatic N) is 4. The number of amides is 23. The Morgan fingerprint density at radius 1 is 0.514 bits per heavy atom. The third-order valence-corrected chi connectivity index (χ3v) is 26.0. The highest BCUT2D eigenvalue weighted by Crippen LogP contribution is 2.27. The zero-order valence-corrected chi connectivity index (χ0v) is 87.2. The Hall–Kier alpha value is -14.0. The summed E-state index contributed by atoms with van der Waals surface area (Å²) in [7, 11) is 1.75. The first-order valence-corrected chi connectivity index (χ1v) is 50.1. The van der Waals surface area contributed by atoms with Gasteiger partial charge < -0.3 is 122 Å². The van der Waals surface area contributed by atoms with Crippen molar-refractivity contribution in [2.45, 2.75) is 298 Å². The van der Waals surface area contributed by atoms with Crippen molar-refractivity contribution in [2.75, 3.05) is 45.7 Å². The van der Waals surface area contributed by atoms with E-state index in [4.69, 9.17) is 11.5 Å². The lowest BCUT2D eigenvalue weighted by Gasteiger charge is -2.30. The molecule has 18 unspecified atom stereocenters. The minimum absolute atomic E-state index is 0.0458. The molecule has 0 aliphatic carbocycles. The lowest BCUT2D eigenvalue weighted by Crippen LogP contribution is -2.62. The van der Waals surface area contributed by atoms with Crippen LogP contribution in [0.2, 0.25) is 0 Å². The number of carbonyl (C=O) groups excluding carboxylic acids is 23. The van der Waals surface area contributed by atoms with Gasteiger partial charge in [-0.15, -0.1) is 11.8 Å². The van der Waals surface area contributed by atoms with Crippen LogP contribution in [0.4, 0.5) is 0 Å². The van der Waals surface area contributed by atoms with Gasteiger partial charge in [0.25, 0.3) is 23.6 Å². The molecule has 1 aromatic carbocycles. The van der Waals surface area contributed by atoms with E-state index in [1.807, 2.05) is 13.8 Å². The summed E-state index contributed by atoms with van der Waals surface area (Å²) in [5, 5.41) is 57.4. The van der Waals surface area contributed by atoms with Crippen molar-refractivity contribution in [3.8, 4) is 0 Å². The number of likely N-dealkylation sites (tertiary alicyclic amines) is 2. The average Bonchev–Trinajstić information content (AvgIpc) is 1.65. The van der Waals surface area contributed by atoms with E-state index in [1.165, 1.54) is 86.1 Å². The molecule has 49 heteroatoms. The number of nitrogens with two attached hydrogens (primary N) is 2. The smallest absolute Gasteiger partial charge is 0.270 e. The second-order valence-electron chi connectivity index (χ2n) is 37.5. The Balaban J connectivity index is 1.20. The standard InChI is InChI=1S/C97H148N24O24S/c1-20-52(13)76(94(142)113-67-47-146-42-39-100-91(139)74(50(9)10)114-85(133)64(43-49(7)8)111-88(67)136)116-83(131)60(23-4)106-87(135)66(46-122)105-73(125)45-101-81(129)62(35-37-71(98)123)110-93(141)77(53(14)21-2)117-92(140)75(51(11)12)115-86(134)65(44-58-31-27-26-28-32-58)112-84(132)63(36-38-72(99)124)109-80(128)55(16)102-78(126)54(15)103-82(130)59(22-3)107-90(138)70-34-29-40-119(70)96(144)61(24-5)108-79(127)56(17)104-89(137)69-33-30-41-120(69)97(145)68(25-6)121-48-118(19)57(18)95(121)143/h22-28,31-32,39,42,49-57,62-67,69-70,74-77,122H,20-21,29-30,33-38,40-41,43-48H2,1-19H3,(H2,98,123)(H2,99,124)(H,100,139)(H,101,129)(H,102,126)(H,103,130)(H,104,137)(H,105,125)(H,106,135)(H,107,138)(H,108,127)(H,109,128)(H,110,141)(H,111,136)(H,112,132)(H,113,142)(H,114,133)(H,115,134)(H,116,131)(H,117,140). The average molecular weight is 2070 g/mol. The number of carbonyl (C=O) groups is 23. The van der Waals surface area contributed by atoms with Crippen molar-refractivity contribution in [1.29, 1.82) is 0 Å². The number of rotatable bonds is 50. The van der Waals surface area contributed by atoms with E-state index in [-0.39, 0.29) is 92.4 Å². The van der Waals surface area contributed by atoms with Crippen LogP contribution in [0, 0.1) is 29.6 Å². The predicted molar refractivity (Wildman–Crippen MR) is 535 cm³/mol. The number of nitrogens with one attached hydrogen (secondary N) is 18. The van der Waals surface area contributed by atoms with Crippen LogP contribution in [-0.4, -0.2) is 303 Å². The van der Waals surface area contributed by atoms with E-state index in [0.717, 1.165) is 17.8 Å². The molecule has 4 aliphatic heterocycles. The Bertz CT molecular complexity index is 5080. The number of thioether (sulfide) groups is 1. The highest BCUT2D eigenvalue weighted by atomic mass is 32.2. The molecule has 5 rings (SSSR count). The number of likely N-dealkylation sites (N-methyl/N-ethyl adjacent to an activating group) is 1. The topological polar surface area (TPSA) is 694 Å². The molecular formula is C97H148N24O24S. The van der Waals surface area contributed by atoms with Gasteiger partial charge in [0.1, 0.15) is 113 Å². The summed E-state index contributed by atoms with van der Waals surface area (Å²) < 4.78 is 0. The second kappa shape index (κ2) is 59.4. The third-order valence-electron chi connectivity index (χ3n) is 25.2. The molecule has 48 nitrogen and oxygen atoms in total. The molecule has 0 radical (unpaired) electrons. The van der Waals surface area contributed by atoms with Gasteiger partial charge in [-0.2, -0.15) is 0 Å². The van der Waals surface area contributed by atoms with Crippen LogP contribution in [0.15, 0.2) is 89.0 Å². The Morgan fingerprint density at radius 2 is 1.02 bits per heavy atom. The molecule has 0 saturated carbocycles. The zero-order valence-electron chi connectivity index (χ0n) is 86.4. The number of allylic oxidation sites excluding steroid dienone is 4. The van der Waals surface area contributed by atoms with E-state index >= 15 is 0 Å². The molecule has 1 aromatic rings. The molecule has 4 heterocycles. The number of aliphatic hydroxyl groups excluding tert-OH is 1. The molecule has 4 aliphatic rings. The molecule has 0 spiro atoms. The second-order valence-corrected chi connectivity index (χ2v) is 38.5. The number of hydrogen-bond donors (Lipinski definition) is 21. The van der Waals surface area contributed by atoms with Gasteiger partial charge in [-0.3, -0.25) is 120 Å². The fraction of sp³-hybridized carbons (Fsp3) is 0.598. The largest absolute Gasteiger partial charge is 0.394 e. The summed E-state index contributed by atoms with van der Waals surface area (Å²) in [6, 6.07) is -13.1. The van der Waals surface area contributed by atoms with E-state index in [9.17, 15) is 115 Å². The quantitative estimate of drug-likeness (QED) is 0.0277. The number of aliphatic hydroxyl groups is 1. The summed E-state index contributed by atoms with van der Waals surface area (Å²) in [5.74, 6) is -22.3. The molecule has 146 heavy (non-hydrogen) atoms. The van der Waals surface area contributed by atoms with Crippen molar-refractivity contribution in [2.24, 2.45) is 41.1 Å². The van der Waals surface area contributed by atoms with Crippen molar-refractivity contribution in [3.05, 3.63) is 94.6 Å². The monoisotopic (exact) mass is 2070 g/mol. The summed E-state index contributed by atoms with van der Waals surface area (Å²) >= 11 is 1.06. The van der Waals surface area contributed by atoms with Gasteiger partial charge in [-0.1, -0.05) is 137 Å². The normalized spacial score (nSPS) is 20.1. The molecule has 3 saturated heterocycles.